The van der Waals surface area contributed by atoms with Crippen molar-refractivity contribution >= 4 is 9.84 Å². The highest BCUT2D eigenvalue weighted by molar-refractivity contribution is 7.90. The van der Waals surface area contributed by atoms with Crippen molar-refractivity contribution in [2.24, 2.45) is 5.73 Å². The van der Waals surface area contributed by atoms with Crippen LogP contribution in [0, 0.1) is 0 Å². The number of nitrogens with two attached hydrogens (primary N) is 1. The first-order valence-corrected chi connectivity index (χ1v) is 6.87. The molecule has 0 aliphatic carbocycles. The zero-order valence-corrected chi connectivity index (χ0v) is 9.72. The maximum absolute atomic E-state index is 11.6. The molecule has 0 saturated heterocycles. The minimum atomic E-state index is -3.03. The first kappa shape index (κ1) is 12.3. The summed E-state index contributed by atoms with van der Waals surface area (Å²) in [6.07, 6.45) is 1.58. The van der Waals surface area contributed by atoms with E-state index < -0.39 is 9.84 Å². The molecule has 0 fully saturated rings. The molecular weight excluding hydrogens is 214 g/mol. The fourth-order valence-electron chi connectivity index (χ4n) is 1.26. The van der Waals surface area contributed by atoms with Crippen LogP contribution in [-0.2, 0) is 22.1 Å². The van der Waals surface area contributed by atoms with Crippen molar-refractivity contribution in [3.63, 3.8) is 0 Å². The van der Waals surface area contributed by atoms with Crippen molar-refractivity contribution in [3.8, 4) is 0 Å². The van der Waals surface area contributed by atoms with E-state index >= 15 is 0 Å². The van der Waals surface area contributed by atoms with Gasteiger partial charge in [0.25, 0.3) is 0 Å². The normalized spacial score (nSPS) is 11.9. The molecule has 0 unspecified atom stereocenters. The monoisotopic (exact) mass is 231 g/mol. The molecule has 0 radical (unpaired) electrons. The number of unbranched alkanes of at least 4 members (excludes halogenated alkanes) is 1. The van der Waals surface area contributed by atoms with Crippen LogP contribution in [0.1, 0.15) is 31.3 Å². The largest absolute Gasteiger partial charge is 0.464 e. The van der Waals surface area contributed by atoms with Gasteiger partial charge in [0.15, 0.2) is 9.84 Å². The van der Waals surface area contributed by atoms with Gasteiger partial charge in [-0.3, -0.25) is 0 Å². The van der Waals surface area contributed by atoms with Gasteiger partial charge < -0.3 is 10.2 Å². The lowest BCUT2D eigenvalue weighted by Crippen LogP contribution is -2.08. The predicted octanol–water partition coefficient (Wildman–Crippen LogP) is 1.45. The Balaban J connectivity index is 2.60. The van der Waals surface area contributed by atoms with Gasteiger partial charge in [-0.25, -0.2) is 8.42 Å². The molecule has 4 nitrogen and oxygen atoms in total. The van der Waals surface area contributed by atoms with Crippen LogP contribution in [-0.4, -0.2) is 14.2 Å². The van der Waals surface area contributed by atoms with E-state index in [1.807, 2.05) is 6.92 Å². The molecule has 1 aromatic heterocycles. The standard InChI is InChI=1S/C10H17NO3S/c1-2-3-6-15(12,13)8-10-5-4-9(7-11)14-10/h4-5H,2-3,6-8,11H2,1H3. The molecule has 2 N–H and O–H groups in total. The van der Waals surface area contributed by atoms with Gasteiger partial charge in [-0.1, -0.05) is 13.3 Å². The fraction of sp³-hybridized carbons (Fsp3) is 0.600. The van der Waals surface area contributed by atoms with Crippen molar-refractivity contribution < 1.29 is 12.8 Å². The summed E-state index contributed by atoms with van der Waals surface area (Å²) in [4.78, 5) is 0. The number of hydrogen-bond donors (Lipinski definition) is 1. The van der Waals surface area contributed by atoms with Gasteiger partial charge >= 0.3 is 0 Å². The molecule has 0 amide bonds. The van der Waals surface area contributed by atoms with Gasteiger partial charge in [0, 0.05) is 0 Å². The molecule has 86 valence electrons. The summed E-state index contributed by atoms with van der Waals surface area (Å²) in [5, 5.41) is 0. The molecule has 0 saturated carbocycles. The molecule has 1 aromatic rings. The minimum Gasteiger partial charge on any atom is -0.464 e. The SMILES string of the molecule is CCCCS(=O)(=O)Cc1ccc(CN)o1. The number of hydrogen-bond acceptors (Lipinski definition) is 4. The van der Waals surface area contributed by atoms with Gasteiger partial charge in [0.05, 0.1) is 12.3 Å². The summed E-state index contributed by atoms with van der Waals surface area (Å²) in [5.41, 5.74) is 5.36. The molecule has 0 atom stereocenters. The Bertz CT molecular complexity index is 395. The fourth-order valence-corrected chi connectivity index (χ4v) is 2.72. The Morgan fingerprint density at radius 2 is 2.00 bits per heavy atom. The molecule has 0 aliphatic rings. The van der Waals surface area contributed by atoms with E-state index in [4.69, 9.17) is 10.2 Å². The summed E-state index contributed by atoms with van der Waals surface area (Å²) in [6.45, 7) is 2.27. The third-order valence-corrected chi connectivity index (χ3v) is 3.72. The Labute approximate surface area is 90.4 Å². The van der Waals surface area contributed by atoms with Crippen molar-refractivity contribution in [1.82, 2.24) is 0 Å². The van der Waals surface area contributed by atoms with E-state index in [-0.39, 0.29) is 11.5 Å². The zero-order valence-electron chi connectivity index (χ0n) is 8.90. The second-order valence-corrected chi connectivity index (χ2v) is 5.70. The van der Waals surface area contributed by atoms with Crippen molar-refractivity contribution in [3.05, 3.63) is 23.7 Å². The quantitative estimate of drug-likeness (QED) is 0.804. The second-order valence-electron chi connectivity index (χ2n) is 3.52. The van der Waals surface area contributed by atoms with Crippen LogP contribution in [0.25, 0.3) is 0 Å². The molecular formula is C10H17NO3S. The van der Waals surface area contributed by atoms with Crippen LogP contribution >= 0.6 is 0 Å². The number of furan rings is 1. The Morgan fingerprint density at radius 3 is 2.53 bits per heavy atom. The van der Waals surface area contributed by atoms with Gasteiger partial charge in [0.1, 0.15) is 17.3 Å². The van der Waals surface area contributed by atoms with Crippen LogP contribution in [0.4, 0.5) is 0 Å². The van der Waals surface area contributed by atoms with E-state index in [0.29, 0.717) is 24.5 Å². The highest BCUT2D eigenvalue weighted by Gasteiger charge is 2.13. The first-order valence-electron chi connectivity index (χ1n) is 5.05. The Morgan fingerprint density at radius 1 is 1.33 bits per heavy atom. The van der Waals surface area contributed by atoms with Crippen LogP contribution in [0.15, 0.2) is 16.5 Å². The van der Waals surface area contributed by atoms with Crippen molar-refractivity contribution in [1.29, 1.82) is 0 Å². The molecule has 0 aromatic carbocycles. The molecule has 15 heavy (non-hydrogen) atoms. The van der Waals surface area contributed by atoms with Crippen LogP contribution in [0.5, 0.6) is 0 Å². The van der Waals surface area contributed by atoms with Crippen LogP contribution in [0.3, 0.4) is 0 Å². The van der Waals surface area contributed by atoms with Crippen molar-refractivity contribution in [2.45, 2.75) is 32.1 Å². The summed E-state index contributed by atoms with van der Waals surface area (Å²) in [7, 11) is -3.03. The zero-order chi connectivity index (χ0) is 11.3. The lowest BCUT2D eigenvalue weighted by Gasteiger charge is -2.00. The van der Waals surface area contributed by atoms with E-state index in [1.165, 1.54) is 0 Å². The third-order valence-electron chi connectivity index (χ3n) is 2.09. The highest BCUT2D eigenvalue weighted by atomic mass is 32.2. The van der Waals surface area contributed by atoms with Gasteiger partial charge in [-0.15, -0.1) is 0 Å². The first-order chi connectivity index (χ1) is 7.07. The molecule has 0 aliphatic heterocycles. The van der Waals surface area contributed by atoms with Gasteiger partial charge in [-0.2, -0.15) is 0 Å². The number of rotatable bonds is 6. The smallest absolute Gasteiger partial charge is 0.157 e. The molecule has 5 heteroatoms. The van der Waals surface area contributed by atoms with Crippen LogP contribution < -0.4 is 5.73 Å². The topological polar surface area (TPSA) is 73.3 Å². The summed E-state index contributed by atoms with van der Waals surface area (Å²) >= 11 is 0. The lowest BCUT2D eigenvalue weighted by molar-refractivity contribution is 0.477. The third kappa shape index (κ3) is 4.05. The number of sulfone groups is 1. The van der Waals surface area contributed by atoms with Gasteiger partial charge in [-0.05, 0) is 18.6 Å². The summed E-state index contributed by atoms with van der Waals surface area (Å²) in [5.74, 6) is 1.30. The molecule has 0 spiro atoms. The van der Waals surface area contributed by atoms with E-state index in [2.05, 4.69) is 0 Å². The maximum Gasteiger partial charge on any atom is 0.157 e. The average molecular weight is 231 g/mol. The van der Waals surface area contributed by atoms with E-state index in [1.54, 1.807) is 12.1 Å². The highest BCUT2D eigenvalue weighted by Crippen LogP contribution is 2.12. The maximum atomic E-state index is 11.6. The second kappa shape index (κ2) is 5.32. The van der Waals surface area contributed by atoms with Crippen LogP contribution in [0.2, 0.25) is 0 Å². The molecule has 1 rings (SSSR count). The lowest BCUT2D eigenvalue weighted by atomic mass is 10.4. The minimum absolute atomic E-state index is 0.0208. The Kier molecular flexibility index (Phi) is 4.35. The molecule has 0 bridgehead atoms. The summed E-state index contributed by atoms with van der Waals surface area (Å²) < 4.78 is 28.4. The average Bonchev–Trinajstić information content (AvgIpc) is 2.62. The molecule has 1 heterocycles. The summed E-state index contributed by atoms with van der Waals surface area (Å²) in [6, 6.07) is 3.39. The van der Waals surface area contributed by atoms with Crippen molar-refractivity contribution in [2.75, 3.05) is 5.75 Å². The van der Waals surface area contributed by atoms with E-state index in [9.17, 15) is 8.42 Å². The van der Waals surface area contributed by atoms with Gasteiger partial charge in [0.2, 0.25) is 0 Å². The Hall–Kier alpha value is -0.810. The predicted molar refractivity (Wildman–Crippen MR) is 59.0 cm³/mol. The van der Waals surface area contributed by atoms with E-state index in [0.717, 1.165) is 6.42 Å².